The molecule has 0 N–H and O–H groups in total. The Bertz CT molecular complexity index is 750. The van der Waals surface area contributed by atoms with Crippen molar-refractivity contribution in [2.75, 3.05) is 38.1 Å². The average Bonchev–Trinajstić information content (AvgIpc) is 2.53. The summed E-state index contributed by atoms with van der Waals surface area (Å²) >= 11 is 0. The first kappa shape index (κ1) is 17.5. The first-order valence-corrected chi connectivity index (χ1v) is 7.32. The summed E-state index contributed by atoms with van der Waals surface area (Å²) in [5.74, 6) is -0.676. The molecule has 0 bridgehead atoms. The van der Waals surface area contributed by atoms with Crippen LogP contribution in [-0.4, -0.2) is 33.2 Å². The molecule has 6 nitrogen and oxygen atoms in total. The van der Waals surface area contributed by atoms with Crippen LogP contribution in [0.3, 0.4) is 0 Å². The normalized spacial score (nSPS) is 10.4. The van der Waals surface area contributed by atoms with E-state index >= 15 is 0 Å². The maximum absolute atomic E-state index is 14.1. The number of nitrogens with zero attached hydrogens (tertiary/aromatic N) is 3. The zero-order valence-electron chi connectivity index (χ0n) is 14.1. The highest BCUT2D eigenvalue weighted by atomic mass is 19.1. The number of benzene rings is 2. The second-order valence-corrected chi connectivity index (χ2v) is 5.65. The van der Waals surface area contributed by atoms with Gasteiger partial charge in [-0.2, -0.15) is 4.39 Å². The minimum absolute atomic E-state index is 0.173. The van der Waals surface area contributed by atoms with Gasteiger partial charge in [-0.1, -0.05) is 12.1 Å². The molecule has 0 aliphatic rings. The van der Waals surface area contributed by atoms with Crippen molar-refractivity contribution in [2.24, 2.45) is 0 Å². The van der Waals surface area contributed by atoms with Gasteiger partial charge in [-0.25, -0.2) is 0 Å². The van der Waals surface area contributed by atoms with Gasteiger partial charge in [0.25, 0.3) is 0 Å². The van der Waals surface area contributed by atoms with E-state index in [0.717, 1.165) is 17.3 Å². The van der Waals surface area contributed by atoms with Crippen LogP contribution in [0.1, 0.15) is 5.56 Å². The molecule has 2 rings (SSSR count). The van der Waals surface area contributed by atoms with Crippen LogP contribution in [0.2, 0.25) is 0 Å². The minimum atomic E-state index is -0.914. The Kier molecular flexibility index (Phi) is 5.23. The Morgan fingerprint density at radius 2 is 1.92 bits per heavy atom. The molecule has 0 aliphatic carbocycles. The van der Waals surface area contributed by atoms with E-state index in [-0.39, 0.29) is 11.4 Å². The Hall–Kier alpha value is -2.83. The number of hydrogen-bond acceptors (Lipinski definition) is 5. The highest BCUT2D eigenvalue weighted by Gasteiger charge is 2.24. The van der Waals surface area contributed by atoms with Crippen molar-refractivity contribution in [1.29, 1.82) is 0 Å². The quantitative estimate of drug-likeness (QED) is 0.599. The van der Waals surface area contributed by atoms with E-state index < -0.39 is 16.4 Å². The molecule has 0 radical (unpaired) electrons. The number of halogens is 1. The molecule has 0 atom stereocenters. The zero-order chi connectivity index (χ0) is 17.9. The summed E-state index contributed by atoms with van der Waals surface area (Å²) in [6.07, 6.45) is 0. The van der Waals surface area contributed by atoms with Gasteiger partial charge in [0.05, 0.1) is 12.0 Å². The number of anilines is 2. The summed E-state index contributed by atoms with van der Waals surface area (Å²) in [5.41, 5.74) is 1.60. The van der Waals surface area contributed by atoms with Crippen LogP contribution in [0.4, 0.5) is 21.5 Å². The summed E-state index contributed by atoms with van der Waals surface area (Å²) < 4.78 is 19.1. The predicted octanol–water partition coefficient (Wildman–Crippen LogP) is 3.44. The molecule has 128 valence electrons. The maximum Gasteiger partial charge on any atom is 0.328 e. The first-order chi connectivity index (χ1) is 11.3. The van der Waals surface area contributed by atoms with Gasteiger partial charge in [-0.3, -0.25) is 10.1 Å². The van der Waals surface area contributed by atoms with Gasteiger partial charge in [-0.15, -0.1) is 0 Å². The fourth-order valence-corrected chi connectivity index (χ4v) is 2.44. The van der Waals surface area contributed by atoms with Gasteiger partial charge in [0.15, 0.2) is 0 Å². The zero-order valence-corrected chi connectivity index (χ0v) is 14.1. The smallest absolute Gasteiger partial charge is 0.328 e. The summed E-state index contributed by atoms with van der Waals surface area (Å²) in [6.45, 7) is 0.398. The molecule has 0 saturated carbocycles. The van der Waals surface area contributed by atoms with Crippen molar-refractivity contribution in [3.05, 3.63) is 57.9 Å². The monoisotopic (exact) mass is 333 g/mol. The van der Waals surface area contributed by atoms with Crippen molar-refractivity contribution in [2.45, 2.75) is 6.54 Å². The predicted molar refractivity (Wildman–Crippen MR) is 92.5 cm³/mol. The highest BCUT2D eigenvalue weighted by molar-refractivity contribution is 5.66. The molecule has 0 aromatic heterocycles. The number of nitro benzene ring substituents is 1. The molecule has 2 aromatic rings. The van der Waals surface area contributed by atoms with Crippen LogP contribution in [0.25, 0.3) is 0 Å². The number of ether oxygens (including phenoxy) is 1. The molecule has 0 fully saturated rings. The lowest BCUT2D eigenvalue weighted by molar-refractivity contribution is -0.386. The van der Waals surface area contributed by atoms with E-state index in [4.69, 9.17) is 4.74 Å². The lowest BCUT2D eigenvalue weighted by atomic mass is 10.1. The lowest BCUT2D eigenvalue weighted by Crippen LogP contribution is -2.19. The Balaban J connectivity index is 2.38. The molecular formula is C17H20FN3O3. The van der Waals surface area contributed by atoms with E-state index in [1.807, 2.05) is 43.3 Å². The van der Waals surface area contributed by atoms with Gasteiger partial charge in [0.1, 0.15) is 11.4 Å². The van der Waals surface area contributed by atoms with Crippen LogP contribution < -0.4 is 14.5 Å². The van der Waals surface area contributed by atoms with E-state index in [2.05, 4.69) is 0 Å². The number of rotatable bonds is 6. The largest absolute Gasteiger partial charge is 0.497 e. The Morgan fingerprint density at radius 3 is 2.50 bits per heavy atom. The van der Waals surface area contributed by atoms with E-state index in [0.29, 0.717) is 6.54 Å². The van der Waals surface area contributed by atoms with Gasteiger partial charge in [-0.05, 0) is 17.7 Å². The van der Waals surface area contributed by atoms with Gasteiger partial charge >= 0.3 is 5.69 Å². The van der Waals surface area contributed by atoms with Crippen molar-refractivity contribution in [3.8, 4) is 5.75 Å². The molecule has 0 saturated heterocycles. The second-order valence-electron chi connectivity index (χ2n) is 5.65. The molecule has 0 amide bonds. The lowest BCUT2D eigenvalue weighted by Gasteiger charge is -2.21. The van der Waals surface area contributed by atoms with E-state index in [9.17, 15) is 14.5 Å². The number of methoxy groups -OCH3 is 1. The Morgan fingerprint density at radius 1 is 1.21 bits per heavy atom. The van der Waals surface area contributed by atoms with Gasteiger partial charge < -0.3 is 14.5 Å². The molecule has 0 spiro atoms. The fourth-order valence-electron chi connectivity index (χ4n) is 2.44. The molecule has 0 heterocycles. The third-order valence-corrected chi connectivity index (χ3v) is 3.69. The second kappa shape index (κ2) is 7.16. The van der Waals surface area contributed by atoms with Crippen molar-refractivity contribution in [3.63, 3.8) is 0 Å². The van der Waals surface area contributed by atoms with Crippen LogP contribution in [0.15, 0.2) is 36.4 Å². The molecular weight excluding hydrogens is 313 g/mol. The van der Waals surface area contributed by atoms with Gasteiger partial charge in [0, 0.05) is 45.5 Å². The maximum atomic E-state index is 14.1. The van der Waals surface area contributed by atoms with E-state index in [1.165, 1.54) is 13.2 Å². The van der Waals surface area contributed by atoms with Crippen LogP contribution >= 0.6 is 0 Å². The topological polar surface area (TPSA) is 58.9 Å². The fraction of sp³-hybridized carbons (Fsp3) is 0.294. The molecule has 2 aromatic carbocycles. The molecule has 7 heteroatoms. The SMILES string of the molecule is COc1cc(F)c([N+](=O)[O-])c(N(C)Cc2cccc(N(C)C)c2)c1. The van der Waals surface area contributed by atoms with Crippen molar-refractivity contribution in [1.82, 2.24) is 0 Å². The van der Waals surface area contributed by atoms with Crippen LogP contribution in [-0.2, 0) is 6.54 Å². The summed E-state index contributed by atoms with van der Waals surface area (Å²) in [4.78, 5) is 14.1. The summed E-state index contributed by atoms with van der Waals surface area (Å²) in [5, 5.41) is 11.2. The third kappa shape index (κ3) is 3.73. The van der Waals surface area contributed by atoms with Crippen LogP contribution in [0.5, 0.6) is 5.75 Å². The summed E-state index contributed by atoms with van der Waals surface area (Å²) in [7, 11) is 6.95. The molecule has 24 heavy (non-hydrogen) atoms. The average molecular weight is 333 g/mol. The minimum Gasteiger partial charge on any atom is -0.497 e. The van der Waals surface area contributed by atoms with Crippen LogP contribution in [0, 0.1) is 15.9 Å². The van der Waals surface area contributed by atoms with Crippen molar-refractivity contribution >= 4 is 17.1 Å². The molecule has 0 aliphatic heterocycles. The number of nitro groups is 1. The third-order valence-electron chi connectivity index (χ3n) is 3.69. The summed E-state index contributed by atoms with van der Waals surface area (Å²) in [6, 6.07) is 10.3. The highest BCUT2D eigenvalue weighted by Crippen LogP contribution is 2.35. The Labute approximate surface area is 140 Å². The number of hydrogen-bond donors (Lipinski definition) is 0. The molecule has 0 unspecified atom stereocenters. The van der Waals surface area contributed by atoms with Gasteiger partial charge in [0.2, 0.25) is 5.82 Å². The first-order valence-electron chi connectivity index (χ1n) is 7.32. The van der Waals surface area contributed by atoms with E-state index in [1.54, 1.807) is 11.9 Å². The standard InChI is InChI=1S/C17H20FN3O3/c1-19(2)13-7-5-6-12(8-13)11-20(3)16-10-14(24-4)9-15(18)17(16)21(22)23/h5-10H,11H2,1-4H3. The van der Waals surface area contributed by atoms with Crippen molar-refractivity contribution < 1.29 is 14.1 Å².